The predicted octanol–water partition coefficient (Wildman–Crippen LogP) is 1.11. The molecule has 0 aromatic heterocycles. The Kier molecular flexibility index (Phi) is 2.85. The molecule has 0 unspecified atom stereocenters. The van der Waals surface area contributed by atoms with E-state index in [1.54, 1.807) is 13.8 Å². The number of urea groups is 1. The molecule has 1 N–H and O–H groups in total. The molecule has 0 atom stereocenters. The standard InChI is InChI=1S/C9H13ClN2O2/c1-6(4-10)5-12-7(13)9(2,3)11-8(12)14/h1,4-5H2,2-3H3,(H,11,14). The molecule has 1 heterocycles. The normalized spacial score (nSPS) is 19.8. The molecule has 0 aromatic carbocycles. The Labute approximate surface area is 87.9 Å². The zero-order valence-corrected chi connectivity index (χ0v) is 9.02. The lowest BCUT2D eigenvalue weighted by Crippen LogP contribution is -2.40. The molecule has 1 aliphatic heterocycles. The first-order valence-electron chi connectivity index (χ1n) is 4.25. The minimum absolute atomic E-state index is 0.192. The van der Waals surface area contributed by atoms with Crippen LogP contribution in [-0.2, 0) is 4.79 Å². The fourth-order valence-electron chi connectivity index (χ4n) is 1.23. The van der Waals surface area contributed by atoms with Crippen molar-refractivity contribution in [1.82, 2.24) is 10.2 Å². The second kappa shape index (κ2) is 3.61. The highest BCUT2D eigenvalue weighted by molar-refractivity contribution is 6.19. The van der Waals surface area contributed by atoms with Gasteiger partial charge in [-0.1, -0.05) is 6.58 Å². The van der Waals surface area contributed by atoms with E-state index in [0.29, 0.717) is 5.57 Å². The van der Waals surface area contributed by atoms with Crippen LogP contribution < -0.4 is 5.32 Å². The molecule has 1 rings (SSSR count). The molecule has 1 saturated heterocycles. The van der Waals surface area contributed by atoms with Crippen molar-refractivity contribution in [3.8, 4) is 0 Å². The molecule has 0 saturated carbocycles. The summed E-state index contributed by atoms with van der Waals surface area (Å²) in [6.07, 6.45) is 0. The van der Waals surface area contributed by atoms with E-state index in [1.807, 2.05) is 0 Å². The van der Waals surface area contributed by atoms with Crippen LogP contribution in [0.25, 0.3) is 0 Å². The van der Waals surface area contributed by atoms with Gasteiger partial charge in [-0.15, -0.1) is 11.6 Å². The second-order valence-electron chi connectivity index (χ2n) is 3.83. The summed E-state index contributed by atoms with van der Waals surface area (Å²) in [4.78, 5) is 24.1. The van der Waals surface area contributed by atoms with Crippen molar-refractivity contribution in [2.24, 2.45) is 0 Å². The van der Waals surface area contributed by atoms with Crippen LogP contribution in [0.3, 0.4) is 0 Å². The molecule has 78 valence electrons. The summed E-state index contributed by atoms with van der Waals surface area (Å²) in [5, 5.41) is 2.58. The zero-order valence-electron chi connectivity index (χ0n) is 8.26. The van der Waals surface area contributed by atoms with Gasteiger partial charge >= 0.3 is 6.03 Å². The number of halogens is 1. The molecule has 0 spiro atoms. The van der Waals surface area contributed by atoms with Gasteiger partial charge in [0.2, 0.25) is 0 Å². The van der Waals surface area contributed by atoms with E-state index >= 15 is 0 Å². The van der Waals surface area contributed by atoms with Gasteiger partial charge in [0.15, 0.2) is 0 Å². The molecule has 0 aromatic rings. The summed E-state index contributed by atoms with van der Waals surface area (Å²) in [5.41, 5.74) is -0.170. The van der Waals surface area contributed by atoms with E-state index in [1.165, 1.54) is 0 Å². The maximum Gasteiger partial charge on any atom is 0.325 e. The Morgan fingerprint density at radius 3 is 2.50 bits per heavy atom. The number of imide groups is 1. The predicted molar refractivity (Wildman–Crippen MR) is 54.2 cm³/mol. The molecule has 4 nitrogen and oxygen atoms in total. The SMILES string of the molecule is C=C(CCl)CN1C(=O)NC(C)(C)C1=O. The van der Waals surface area contributed by atoms with Crippen molar-refractivity contribution in [2.75, 3.05) is 12.4 Å². The number of nitrogens with zero attached hydrogens (tertiary/aromatic N) is 1. The number of rotatable bonds is 3. The largest absolute Gasteiger partial charge is 0.325 e. The molecule has 0 bridgehead atoms. The third-order valence-electron chi connectivity index (χ3n) is 2.02. The summed E-state index contributed by atoms with van der Waals surface area (Å²) in [6, 6.07) is -0.383. The number of alkyl halides is 1. The Balaban J connectivity index is 2.76. The van der Waals surface area contributed by atoms with E-state index in [2.05, 4.69) is 11.9 Å². The first kappa shape index (κ1) is 11.0. The summed E-state index contributed by atoms with van der Waals surface area (Å²) in [6.45, 7) is 7.17. The molecule has 0 aliphatic carbocycles. The summed E-state index contributed by atoms with van der Waals surface area (Å²) < 4.78 is 0. The van der Waals surface area contributed by atoms with E-state index in [9.17, 15) is 9.59 Å². The third-order valence-corrected chi connectivity index (χ3v) is 2.39. The van der Waals surface area contributed by atoms with E-state index in [-0.39, 0.29) is 24.4 Å². The van der Waals surface area contributed by atoms with Gasteiger partial charge in [0.05, 0.1) is 6.54 Å². The topological polar surface area (TPSA) is 49.4 Å². The number of amides is 3. The van der Waals surface area contributed by atoms with Crippen LogP contribution in [0.15, 0.2) is 12.2 Å². The second-order valence-corrected chi connectivity index (χ2v) is 4.10. The Bertz CT molecular complexity index is 299. The van der Waals surface area contributed by atoms with Crippen LogP contribution in [-0.4, -0.2) is 34.8 Å². The first-order chi connectivity index (χ1) is 6.38. The van der Waals surface area contributed by atoms with Gasteiger partial charge in [-0.2, -0.15) is 0 Å². The highest BCUT2D eigenvalue weighted by Crippen LogP contribution is 2.17. The average molecular weight is 217 g/mol. The van der Waals surface area contributed by atoms with Crippen LogP contribution in [0.4, 0.5) is 4.79 Å². The summed E-state index contributed by atoms with van der Waals surface area (Å²) in [7, 11) is 0. The molecule has 5 heteroatoms. The van der Waals surface area contributed by atoms with Crippen LogP contribution in [0.5, 0.6) is 0 Å². The number of nitrogens with one attached hydrogen (secondary N) is 1. The number of hydrogen-bond acceptors (Lipinski definition) is 2. The van der Waals surface area contributed by atoms with Gasteiger partial charge in [-0.05, 0) is 19.4 Å². The fourth-order valence-corrected chi connectivity index (χ4v) is 1.31. The lowest BCUT2D eigenvalue weighted by atomic mass is 10.1. The van der Waals surface area contributed by atoms with Crippen LogP contribution in [0.1, 0.15) is 13.8 Å². The van der Waals surface area contributed by atoms with Crippen molar-refractivity contribution in [1.29, 1.82) is 0 Å². The minimum Gasteiger partial charge on any atom is -0.324 e. The van der Waals surface area contributed by atoms with Crippen molar-refractivity contribution >= 4 is 23.5 Å². The van der Waals surface area contributed by atoms with Crippen molar-refractivity contribution in [3.05, 3.63) is 12.2 Å². The number of hydrogen-bond donors (Lipinski definition) is 1. The van der Waals surface area contributed by atoms with Crippen LogP contribution >= 0.6 is 11.6 Å². The zero-order chi connectivity index (χ0) is 10.9. The molecule has 1 aliphatic rings. The fraction of sp³-hybridized carbons (Fsp3) is 0.556. The molecule has 1 fully saturated rings. The summed E-state index contributed by atoms with van der Waals surface area (Å²) >= 11 is 5.53. The lowest BCUT2D eigenvalue weighted by Gasteiger charge is -2.16. The molecule has 14 heavy (non-hydrogen) atoms. The maximum absolute atomic E-state index is 11.6. The molecular formula is C9H13ClN2O2. The molecule has 3 amide bonds. The van der Waals surface area contributed by atoms with E-state index in [4.69, 9.17) is 11.6 Å². The van der Waals surface area contributed by atoms with Gasteiger partial charge in [-0.25, -0.2) is 4.79 Å². The van der Waals surface area contributed by atoms with Crippen molar-refractivity contribution in [2.45, 2.75) is 19.4 Å². The Hall–Kier alpha value is -1.03. The Morgan fingerprint density at radius 1 is 1.57 bits per heavy atom. The highest BCUT2D eigenvalue weighted by Gasteiger charge is 2.43. The molecular weight excluding hydrogens is 204 g/mol. The number of carbonyl (C=O) groups is 2. The maximum atomic E-state index is 11.6. The van der Waals surface area contributed by atoms with Crippen molar-refractivity contribution in [3.63, 3.8) is 0 Å². The van der Waals surface area contributed by atoms with Gasteiger partial charge in [0.25, 0.3) is 5.91 Å². The van der Waals surface area contributed by atoms with E-state index < -0.39 is 5.54 Å². The van der Waals surface area contributed by atoms with Gasteiger partial charge < -0.3 is 5.32 Å². The highest BCUT2D eigenvalue weighted by atomic mass is 35.5. The lowest BCUT2D eigenvalue weighted by molar-refractivity contribution is -0.129. The van der Waals surface area contributed by atoms with Crippen LogP contribution in [0, 0.1) is 0 Å². The monoisotopic (exact) mass is 216 g/mol. The van der Waals surface area contributed by atoms with Crippen LogP contribution in [0.2, 0.25) is 0 Å². The molecule has 0 radical (unpaired) electrons. The number of carbonyl (C=O) groups excluding carboxylic acids is 2. The average Bonchev–Trinajstić information content (AvgIpc) is 2.28. The minimum atomic E-state index is -0.816. The van der Waals surface area contributed by atoms with Gasteiger partial charge in [-0.3, -0.25) is 9.69 Å². The van der Waals surface area contributed by atoms with E-state index in [0.717, 1.165) is 4.90 Å². The Morgan fingerprint density at radius 2 is 2.14 bits per heavy atom. The first-order valence-corrected chi connectivity index (χ1v) is 4.78. The van der Waals surface area contributed by atoms with Gasteiger partial charge in [0.1, 0.15) is 5.54 Å². The smallest absolute Gasteiger partial charge is 0.324 e. The summed E-state index contributed by atoms with van der Waals surface area (Å²) in [5.74, 6) is 0.00563. The third kappa shape index (κ3) is 1.90. The van der Waals surface area contributed by atoms with Gasteiger partial charge in [0, 0.05) is 5.88 Å². The van der Waals surface area contributed by atoms with Crippen molar-refractivity contribution < 1.29 is 9.59 Å². The quantitative estimate of drug-likeness (QED) is 0.437.